The second-order valence-corrected chi connectivity index (χ2v) is 9.67. The van der Waals surface area contributed by atoms with Crippen LogP contribution in [0.3, 0.4) is 0 Å². The van der Waals surface area contributed by atoms with Gasteiger partial charge in [0.05, 0.1) is 29.9 Å². The lowest BCUT2D eigenvalue weighted by Crippen LogP contribution is -2.22. The molecular weight excluding hydrogens is 559 g/mol. The molecule has 1 heterocycles. The number of carboxylic acids is 1. The summed E-state index contributed by atoms with van der Waals surface area (Å²) in [6.45, 7) is 10.2. The molecule has 1 amide bonds. The summed E-state index contributed by atoms with van der Waals surface area (Å²) in [5.74, 6) is -1.82. The molecule has 0 unspecified atom stereocenters. The molecule has 7 nitrogen and oxygen atoms in total. The zero-order chi connectivity index (χ0) is 32.6. The van der Waals surface area contributed by atoms with Gasteiger partial charge in [0.25, 0.3) is 5.91 Å². The van der Waals surface area contributed by atoms with E-state index in [9.17, 15) is 24.2 Å². The van der Waals surface area contributed by atoms with Gasteiger partial charge in [-0.2, -0.15) is 0 Å². The van der Waals surface area contributed by atoms with E-state index in [1.165, 1.54) is 12.1 Å². The predicted molar refractivity (Wildman–Crippen MR) is 175 cm³/mol. The van der Waals surface area contributed by atoms with Gasteiger partial charge in [0, 0.05) is 23.5 Å². The smallest absolute Gasteiger partial charge is 0.305 e. The summed E-state index contributed by atoms with van der Waals surface area (Å²) >= 11 is 0. The van der Waals surface area contributed by atoms with Crippen molar-refractivity contribution in [1.82, 2.24) is 4.57 Å². The molecule has 0 aliphatic heterocycles. The van der Waals surface area contributed by atoms with Gasteiger partial charge in [0.1, 0.15) is 5.82 Å². The molecule has 0 fully saturated rings. The summed E-state index contributed by atoms with van der Waals surface area (Å²) in [7, 11) is 0. The number of rotatable bonds is 12. The molecule has 0 saturated heterocycles. The van der Waals surface area contributed by atoms with Gasteiger partial charge in [-0.3, -0.25) is 9.59 Å². The summed E-state index contributed by atoms with van der Waals surface area (Å²) in [5, 5.41) is 32.6. The molecule has 0 aliphatic carbocycles. The van der Waals surface area contributed by atoms with Crippen LogP contribution in [0.1, 0.15) is 69.9 Å². The van der Waals surface area contributed by atoms with Crippen molar-refractivity contribution in [2.75, 3.05) is 5.32 Å². The number of hydrogen-bond donors (Lipinski definition) is 4. The Morgan fingerprint density at radius 3 is 1.93 bits per heavy atom. The molecule has 8 heteroatoms. The number of carbonyl (C=O) groups excluding carboxylic acids is 1. The van der Waals surface area contributed by atoms with E-state index in [4.69, 9.17) is 5.11 Å². The molecule has 0 radical (unpaired) electrons. The van der Waals surface area contributed by atoms with Crippen molar-refractivity contribution >= 4 is 17.6 Å². The number of nitrogens with one attached hydrogen (secondary N) is 1. The zero-order valence-electron chi connectivity index (χ0n) is 26.3. The minimum atomic E-state index is -1.17. The molecule has 1 aromatic heterocycles. The maximum atomic E-state index is 13.9. The predicted octanol–water partition coefficient (Wildman–Crippen LogP) is 7.81. The number of carboxylic acid groups (broad SMARTS) is 1. The second-order valence-electron chi connectivity index (χ2n) is 9.67. The Morgan fingerprint density at radius 1 is 0.818 bits per heavy atom. The first-order chi connectivity index (χ1) is 21.3. The minimum absolute atomic E-state index is 0.0895. The lowest BCUT2D eigenvalue weighted by atomic mass is 9.96. The largest absolute Gasteiger partial charge is 0.481 e. The van der Waals surface area contributed by atoms with E-state index in [0.29, 0.717) is 34.5 Å². The van der Waals surface area contributed by atoms with Crippen molar-refractivity contribution in [3.05, 3.63) is 102 Å². The molecule has 3 aromatic carbocycles. The minimum Gasteiger partial charge on any atom is -0.481 e. The molecule has 236 valence electrons. The molecule has 4 N–H and O–H groups in total. The Bertz CT molecular complexity index is 1440. The number of nitrogens with zero attached hydrogens (tertiary/aromatic N) is 1. The van der Waals surface area contributed by atoms with Crippen molar-refractivity contribution < 1.29 is 29.3 Å². The Balaban J connectivity index is 0.00000162. The number of carbonyl (C=O) groups is 2. The number of amides is 1. The normalized spacial score (nSPS) is 11.7. The van der Waals surface area contributed by atoms with Crippen LogP contribution in [0.25, 0.3) is 22.4 Å². The highest BCUT2D eigenvalue weighted by atomic mass is 19.1. The van der Waals surface area contributed by atoms with E-state index in [1.54, 1.807) is 12.1 Å². The average Bonchev–Trinajstić information content (AvgIpc) is 3.37. The first-order valence-corrected chi connectivity index (χ1v) is 15.3. The van der Waals surface area contributed by atoms with Crippen LogP contribution < -0.4 is 5.32 Å². The molecule has 4 aromatic rings. The zero-order valence-corrected chi connectivity index (χ0v) is 26.3. The van der Waals surface area contributed by atoms with Crippen molar-refractivity contribution in [2.24, 2.45) is 0 Å². The van der Waals surface area contributed by atoms with Crippen LogP contribution in [-0.4, -0.2) is 44.0 Å². The van der Waals surface area contributed by atoms with Gasteiger partial charge in [-0.05, 0) is 66.8 Å². The Morgan fingerprint density at radius 2 is 1.39 bits per heavy atom. The van der Waals surface area contributed by atoms with Gasteiger partial charge in [-0.25, -0.2) is 4.39 Å². The molecule has 4 rings (SSSR count). The van der Waals surface area contributed by atoms with Crippen molar-refractivity contribution in [2.45, 2.75) is 79.1 Å². The number of benzene rings is 3. The standard InChI is InChI=1S/C32H33FN2O5.2C2H6/c1-2-27-30(32(40)34-24-11-7-4-8-12-24)29(21-9-5-3-6-10-21)31(22-13-15-23(33)16-14-22)35(27)18-17-25(36)19-26(37)20-28(38)39;2*1-2/h3-16,25-26,36-37H,2,17-20H2,1H3,(H,34,40)(H,38,39);2*1-2H3/t25-,26-;;/m1../s1. The molecule has 2 atom stereocenters. The average molecular weight is 605 g/mol. The quantitative estimate of drug-likeness (QED) is 0.132. The van der Waals surface area contributed by atoms with Crippen LogP contribution in [0, 0.1) is 5.82 Å². The summed E-state index contributed by atoms with van der Waals surface area (Å²) in [6.07, 6.45) is -1.98. The third-order valence-corrected chi connectivity index (χ3v) is 6.79. The third-order valence-electron chi connectivity index (χ3n) is 6.79. The van der Waals surface area contributed by atoms with Crippen molar-refractivity contribution in [3.8, 4) is 22.4 Å². The van der Waals surface area contributed by atoms with Crippen LogP contribution in [0.2, 0.25) is 0 Å². The Kier molecular flexibility index (Phi) is 15.0. The van der Waals surface area contributed by atoms with Crippen LogP contribution in [0.15, 0.2) is 84.9 Å². The van der Waals surface area contributed by atoms with Crippen LogP contribution in [-0.2, 0) is 17.8 Å². The lowest BCUT2D eigenvalue weighted by molar-refractivity contribution is -0.139. The van der Waals surface area contributed by atoms with Crippen molar-refractivity contribution in [3.63, 3.8) is 0 Å². The summed E-state index contributed by atoms with van der Waals surface area (Å²) < 4.78 is 15.9. The maximum Gasteiger partial charge on any atom is 0.305 e. The molecule has 0 bridgehead atoms. The van der Waals surface area contributed by atoms with Gasteiger partial charge >= 0.3 is 5.97 Å². The van der Waals surface area contributed by atoms with E-state index in [0.717, 1.165) is 11.3 Å². The third kappa shape index (κ3) is 9.62. The van der Waals surface area contributed by atoms with Gasteiger partial charge in [-0.15, -0.1) is 0 Å². The summed E-state index contributed by atoms with van der Waals surface area (Å²) in [5.41, 5.74) is 4.78. The number of halogens is 1. The van der Waals surface area contributed by atoms with E-state index in [1.807, 2.05) is 99.8 Å². The van der Waals surface area contributed by atoms with Crippen LogP contribution >= 0.6 is 0 Å². The van der Waals surface area contributed by atoms with Crippen LogP contribution in [0.4, 0.5) is 10.1 Å². The van der Waals surface area contributed by atoms with Gasteiger partial charge in [0.2, 0.25) is 0 Å². The molecular formula is C36H45FN2O5. The van der Waals surface area contributed by atoms with E-state index in [2.05, 4.69) is 5.32 Å². The fraction of sp³-hybridized carbons (Fsp3) is 0.333. The SMILES string of the molecule is CC.CC.CCc1c(C(=O)Nc2ccccc2)c(-c2ccccc2)c(-c2ccc(F)cc2)n1CC[C@@H](O)C[C@@H](O)CC(=O)O. The monoisotopic (exact) mass is 604 g/mol. The fourth-order valence-corrected chi connectivity index (χ4v) is 5.03. The molecule has 44 heavy (non-hydrogen) atoms. The van der Waals surface area contributed by atoms with Gasteiger partial charge < -0.3 is 25.2 Å². The second kappa shape index (κ2) is 18.4. The highest BCUT2D eigenvalue weighted by Crippen LogP contribution is 2.40. The van der Waals surface area contributed by atoms with Gasteiger partial charge in [0.15, 0.2) is 0 Å². The summed E-state index contributed by atoms with van der Waals surface area (Å²) in [6, 6.07) is 24.7. The number of aromatic nitrogens is 1. The van der Waals surface area contributed by atoms with E-state index >= 15 is 0 Å². The number of aliphatic hydroxyl groups is 2. The lowest BCUT2D eigenvalue weighted by Gasteiger charge is -2.18. The number of anilines is 1. The number of hydrogen-bond acceptors (Lipinski definition) is 4. The topological polar surface area (TPSA) is 112 Å². The molecule has 0 aliphatic rings. The molecule has 0 spiro atoms. The first-order valence-electron chi connectivity index (χ1n) is 15.3. The number of para-hydroxylation sites is 1. The van der Waals surface area contributed by atoms with E-state index < -0.39 is 24.6 Å². The van der Waals surface area contributed by atoms with Crippen LogP contribution in [0.5, 0.6) is 0 Å². The Hall–Kier alpha value is -4.27. The number of aliphatic hydroxyl groups excluding tert-OH is 2. The van der Waals surface area contributed by atoms with Gasteiger partial charge in [-0.1, -0.05) is 83.1 Å². The Labute approximate surface area is 260 Å². The maximum absolute atomic E-state index is 13.9. The summed E-state index contributed by atoms with van der Waals surface area (Å²) in [4.78, 5) is 24.8. The molecule has 0 saturated carbocycles. The van der Waals surface area contributed by atoms with E-state index in [-0.39, 0.29) is 31.1 Å². The highest BCUT2D eigenvalue weighted by Gasteiger charge is 2.29. The fourth-order valence-electron chi connectivity index (χ4n) is 5.03. The number of aliphatic carboxylic acids is 1. The highest BCUT2D eigenvalue weighted by molar-refractivity contribution is 6.12. The van der Waals surface area contributed by atoms with Crippen molar-refractivity contribution in [1.29, 1.82) is 0 Å². The first kappa shape index (κ1) is 35.9.